The summed E-state index contributed by atoms with van der Waals surface area (Å²) in [5.41, 5.74) is 8.19. The van der Waals surface area contributed by atoms with Crippen LogP contribution in [0.3, 0.4) is 0 Å². The minimum atomic E-state index is -0.487. The molecule has 2 rings (SSSR count). The van der Waals surface area contributed by atoms with Gasteiger partial charge >= 0.3 is 0 Å². The van der Waals surface area contributed by atoms with Gasteiger partial charge in [-0.25, -0.2) is 0 Å². The van der Waals surface area contributed by atoms with E-state index in [0.717, 1.165) is 30.8 Å². The van der Waals surface area contributed by atoms with Crippen molar-refractivity contribution in [2.24, 2.45) is 5.73 Å². The van der Waals surface area contributed by atoms with E-state index in [2.05, 4.69) is 6.92 Å². The first-order valence-corrected chi connectivity index (χ1v) is 7.20. The lowest BCUT2D eigenvalue weighted by molar-refractivity contribution is -0.384. The van der Waals surface area contributed by atoms with Crippen LogP contribution in [-0.4, -0.2) is 15.4 Å². The van der Waals surface area contributed by atoms with Crippen LogP contribution in [0.5, 0.6) is 0 Å². The van der Waals surface area contributed by atoms with Crippen LogP contribution in [0.15, 0.2) is 30.3 Å². The Bertz CT molecular complexity index is 719. The molecule has 0 aliphatic carbocycles. The summed E-state index contributed by atoms with van der Waals surface area (Å²) in [7, 11) is 0. The van der Waals surface area contributed by atoms with Gasteiger partial charge in [0, 0.05) is 35.6 Å². The van der Waals surface area contributed by atoms with Gasteiger partial charge in [-0.3, -0.25) is 14.9 Å². The number of nitrogens with two attached hydrogens (primary N) is 1. The highest BCUT2D eigenvalue weighted by atomic mass is 16.6. The molecule has 2 N–H and O–H groups in total. The highest BCUT2D eigenvalue weighted by Gasteiger charge is 2.17. The monoisotopic (exact) mass is 301 g/mol. The molecule has 0 aliphatic rings. The summed E-state index contributed by atoms with van der Waals surface area (Å²) in [6.07, 6.45) is 1.97. The Labute approximate surface area is 128 Å². The van der Waals surface area contributed by atoms with Gasteiger partial charge in [0.25, 0.3) is 11.6 Å². The minimum Gasteiger partial charge on any atom is -0.366 e. The second-order valence-corrected chi connectivity index (χ2v) is 5.21. The third kappa shape index (κ3) is 3.00. The summed E-state index contributed by atoms with van der Waals surface area (Å²) in [6.45, 7) is 4.67. The van der Waals surface area contributed by atoms with Crippen LogP contribution in [0.1, 0.15) is 35.8 Å². The summed E-state index contributed by atoms with van der Waals surface area (Å²) in [4.78, 5) is 22.1. The Hall–Kier alpha value is -2.63. The summed E-state index contributed by atoms with van der Waals surface area (Å²) >= 11 is 0. The van der Waals surface area contributed by atoms with Crippen molar-refractivity contribution in [1.82, 2.24) is 4.57 Å². The molecule has 0 saturated heterocycles. The molecular formula is C16H19N3O3. The number of hydrogen-bond donors (Lipinski definition) is 1. The van der Waals surface area contributed by atoms with Gasteiger partial charge in [-0.15, -0.1) is 0 Å². The number of aromatic nitrogens is 1. The fraction of sp³-hybridized carbons (Fsp3) is 0.312. The molecule has 0 fully saturated rings. The Kier molecular flexibility index (Phi) is 4.60. The van der Waals surface area contributed by atoms with Crippen LogP contribution in [-0.2, 0) is 6.54 Å². The summed E-state index contributed by atoms with van der Waals surface area (Å²) in [5, 5.41) is 10.9. The molecule has 116 valence electrons. The zero-order valence-electron chi connectivity index (χ0n) is 12.7. The molecule has 0 unspecified atom stereocenters. The Morgan fingerprint density at radius 1 is 1.36 bits per heavy atom. The maximum absolute atomic E-state index is 11.6. The molecule has 0 radical (unpaired) electrons. The average Bonchev–Trinajstić information content (AvgIpc) is 2.82. The molecule has 22 heavy (non-hydrogen) atoms. The maximum Gasteiger partial charge on any atom is 0.270 e. The number of carbonyl (C=O) groups excluding carboxylic acids is 1. The lowest BCUT2D eigenvalue weighted by Gasteiger charge is -2.11. The van der Waals surface area contributed by atoms with Crippen molar-refractivity contribution in [1.29, 1.82) is 0 Å². The van der Waals surface area contributed by atoms with Crippen LogP contribution < -0.4 is 5.73 Å². The van der Waals surface area contributed by atoms with Crippen LogP contribution in [0, 0.1) is 17.0 Å². The molecule has 1 aromatic carbocycles. The number of nitro benzene ring substituents is 1. The van der Waals surface area contributed by atoms with E-state index < -0.39 is 10.8 Å². The van der Waals surface area contributed by atoms with Gasteiger partial charge in [0.15, 0.2) is 0 Å². The van der Waals surface area contributed by atoms with Gasteiger partial charge in [0.2, 0.25) is 0 Å². The lowest BCUT2D eigenvalue weighted by Crippen LogP contribution is -2.12. The van der Waals surface area contributed by atoms with Crippen molar-refractivity contribution in [3.8, 4) is 11.3 Å². The maximum atomic E-state index is 11.6. The number of benzene rings is 1. The largest absolute Gasteiger partial charge is 0.366 e. The van der Waals surface area contributed by atoms with Crippen molar-refractivity contribution in [2.75, 3.05) is 0 Å². The first-order valence-electron chi connectivity index (χ1n) is 7.20. The quantitative estimate of drug-likeness (QED) is 0.655. The number of carbonyl (C=O) groups is 1. The van der Waals surface area contributed by atoms with Crippen molar-refractivity contribution in [2.45, 2.75) is 33.2 Å². The lowest BCUT2D eigenvalue weighted by atomic mass is 10.1. The molecule has 0 spiro atoms. The molecule has 6 nitrogen and oxygen atoms in total. The second kappa shape index (κ2) is 6.43. The van der Waals surface area contributed by atoms with E-state index in [1.165, 1.54) is 12.1 Å². The third-order valence-corrected chi connectivity index (χ3v) is 3.72. The molecule has 1 heterocycles. The SMILES string of the molecule is CCCCn1c(-c2cccc([N+](=O)[O-])c2)cc(C(N)=O)c1C. The predicted octanol–water partition coefficient (Wildman–Crippen LogP) is 3.27. The predicted molar refractivity (Wildman–Crippen MR) is 84.7 cm³/mol. The molecule has 0 saturated carbocycles. The van der Waals surface area contributed by atoms with Crippen LogP contribution in [0.2, 0.25) is 0 Å². The van der Waals surface area contributed by atoms with E-state index in [9.17, 15) is 14.9 Å². The Morgan fingerprint density at radius 3 is 2.68 bits per heavy atom. The summed E-state index contributed by atoms with van der Waals surface area (Å²) < 4.78 is 2.00. The van der Waals surface area contributed by atoms with E-state index in [1.807, 2.05) is 11.5 Å². The first kappa shape index (κ1) is 15.8. The topological polar surface area (TPSA) is 91.2 Å². The number of nitrogens with zero attached hydrogens (tertiary/aromatic N) is 2. The number of primary amides is 1. The van der Waals surface area contributed by atoms with Gasteiger partial charge in [-0.1, -0.05) is 25.5 Å². The molecule has 2 aromatic rings. The molecule has 6 heteroatoms. The second-order valence-electron chi connectivity index (χ2n) is 5.21. The van der Waals surface area contributed by atoms with Crippen molar-refractivity contribution in [3.63, 3.8) is 0 Å². The average molecular weight is 301 g/mol. The summed E-state index contributed by atoms with van der Waals surface area (Å²) in [6, 6.07) is 8.12. The number of rotatable bonds is 6. The van der Waals surface area contributed by atoms with Crippen LogP contribution in [0.25, 0.3) is 11.3 Å². The third-order valence-electron chi connectivity index (χ3n) is 3.72. The van der Waals surface area contributed by atoms with Crippen molar-refractivity contribution in [3.05, 3.63) is 51.7 Å². The normalized spacial score (nSPS) is 10.6. The van der Waals surface area contributed by atoms with Crippen LogP contribution >= 0.6 is 0 Å². The number of unbranched alkanes of at least 4 members (excludes halogenated alkanes) is 1. The molecule has 0 bridgehead atoms. The molecule has 1 amide bonds. The zero-order valence-corrected chi connectivity index (χ0v) is 12.7. The highest BCUT2D eigenvalue weighted by Crippen LogP contribution is 2.28. The fourth-order valence-corrected chi connectivity index (χ4v) is 2.52. The van der Waals surface area contributed by atoms with Gasteiger partial charge in [-0.05, 0) is 19.4 Å². The van der Waals surface area contributed by atoms with Gasteiger partial charge in [-0.2, -0.15) is 0 Å². The number of non-ortho nitro benzene ring substituents is 1. The van der Waals surface area contributed by atoms with E-state index >= 15 is 0 Å². The van der Waals surface area contributed by atoms with E-state index in [1.54, 1.807) is 18.2 Å². The highest BCUT2D eigenvalue weighted by molar-refractivity contribution is 5.95. The first-order chi connectivity index (χ1) is 10.5. The summed E-state index contributed by atoms with van der Waals surface area (Å²) in [5.74, 6) is -0.487. The molecule has 1 aromatic heterocycles. The van der Waals surface area contributed by atoms with Gasteiger partial charge < -0.3 is 10.3 Å². The molecule has 0 atom stereocenters. The fourth-order valence-electron chi connectivity index (χ4n) is 2.52. The number of hydrogen-bond acceptors (Lipinski definition) is 3. The van der Waals surface area contributed by atoms with E-state index in [4.69, 9.17) is 5.73 Å². The Balaban J connectivity index is 2.57. The Morgan fingerprint density at radius 2 is 2.09 bits per heavy atom. The van der Waals surface area contributed by atoms with Crippen LogP contribution in [0.4, 0.5) is 5.69 Å². The van der Waals surface area contributed by atoms with Gasteiger partial charge in [0.1, 0.15) is 0 Å². The molecular weight excluding hydrogens is 282 g/mol. The van der Waals surface area contributed by atoms with Crippen molar-refractivity contribution >= 4 is 11.6 Å². The van der Waals surface area contributed by atoms with E-state index in [0.29, 0.717) is 11.1 Å². The smallest absolute Gasteiger partial charge is 0.270 e. The number of nitro groups is 1. The minimum absolute atomic E-state index is 0.0269. The zero-order chi connectivity index (χ0) is 16.3. The number of amides is 1. The standard InChI is InChI=1S/C16H19N3O3/c1-3-4-8-18-11(2)14(16(17)20)10-15(18)12-6-5-7-13(9-12)19(21)22/h5-7,9-10H,3-4,8H2,1-2H3,(H2,17,20). The van der Waals surface area contributed by atoms with Crippen molar-refractivity contribution < 1.29 is 9.72 Å². The molecule has 0 aliphatic heterocycles. The van der Waals surface area contributed by atoms with E-state index in [-0.39, 0.29) is 5.69 Å². The van der Waals surface area contributed by atoms with Gasteiger partial charge in [0.05, 0.1) is 10.5 Å².